The molecule has 0 aliphatic rings. The third-order valence-corrected chi connectivity index (χ3v) is 4.44. The molecule has 104 valence electrons. The number of hydrogen-bond donors (Lipinski definition) is 0. The van der Waals surface area contributed by atoms with Gasteiger partial charge in [0.05, 0.1) is 16.4 Å². The molecule has 6 heteroatoms. The van der Waals surface area contributed by atoms with Gasteiger partial charge in [-0.2, -0.15) is 0 Å². The number of benzene rings is 1. The van der Waals surface area contributed by atoms with Gasteiger partial charge in [-0.1, -0.05) is 6.92 Å². The van der Waals surface area contributed by atoms with Gasteiger partial charge in [-0.15, -0.1) is 11.6 Å². The summed E-state index contributed by atoms with van der Waals surface area (Å²) < 4.78 is 26.8. The molecular formula is C13H16ClFN2OS. The van der Waals surface area contributed by atoms with Crippen LogP contribution in [0.3, 0.4) is 0 Å². The fourth-order valence-electron chi connectivity index (χ4n) is 1.99. The van der Waals surface area contributed by atoms with Gasteiger partial charge >= 0.3 is 0 Å². The van der Waals surface area contributed by atoms with Gasteiger partial charge in [-0.05, 0) is 25.1 Å². The zero-order chi connectivity index (χ0) is 14.0. The van der Waals surface area contributed by atoms with Crippen LogP contribution in [0.1, 0.15) is 25.0 Å². The first-order valence-corrected chi connectivity index (χ1v) is 8.10. The van der Waals surface area contributed by atoms with Gasteiger partial charge in [0, 0.05) is 28.9 Å². The van der Waals surface area contributed by atoms with E-state index in [1.165, 1.54) is 12.1 Å². The van der Waals surface area contributed by atoms with Gasteiger partial charge in [0.15, 0.2) is 0 Å². The molecule has 0 saturated carbocycles. The molecule has 1 aromatic carbocycles. The third kappa shape index (κ3) is 3.15. The lowest BCUT2D eigenvalue weighted by atomic mass is 10.3. The second kappa shape index (κ2) is 6.01. The summed E-state index contributed by atoms with van der Waals surface area (Å²) in [7, 11) is -0.867. The fourth-order valence-corrected chi connectivity index (χ4v) is 2.83. The number of alkyl halides is 1. The monoisotopic (exact) mass is 302 g/mol. The average molecular weight is 303 g/mol. The van der Waals surface area contributed by atoms with Crippen molar-refractivity contribution in [1.82, 2.24) is 9.55 Å². The lowest BCUT2D eigenvalue weighted by molar-refractivity contribution is 0.627. The lowest BCUT2D eigenvalue weighted by Gasteiger charge is -2.10. The summed E-state index contributed by atoms with van der Waals surface area (Å²) in [5.74, 6) is 1.52. The van der Waals surface area contributed by atoms with Crippen LogP contribution >= 0.6 is 11.6 Å². The van der Waals surface area contributed by atoms with E-state index in [1.807, 2.05) is 18.4 Å². The van der Waals surface area contributed by atoms with Crippen molar-refractivity contribution >= 4 is 33.4 Å². The molecule has 2 atom stereocenters. The van der Waals surface area contributed by atoms with Crippen molar-refractivity contribution in [3.05, 3.63) is 29.8 Å². The first-order valence-electron chi connectivity index (χ1n) is 6.17. The Morgan fingerprint density at radius 1 is 1.53 bits per heavy atom. The minimum absolute atomic E-state index is 0.273. The number of aromatic nitrogens is 2. The number of fused-ring (bicyclic) bond motifs is 1. The highest BCUT2D eigenvalue weighted by Crippen LogP contribution is 2.25. The molecule has 2 rings (SSSR count). The van der Waals surface area contributed by atoms with Gasteiger partial charge in [-0.3, -0.25) is 4.21 Å². The Morgan fingerprint density at radius 3 is 2.89 bits per heavy atom. The number of halogens is 2. The lowest BCUT2D eigenvalue weighted by Crippen LogP contribution is -2.12. The SMILES string of the molecule is CCS(=O)CCn1c(C(C)Cl)nc2ccc(F)cc21. The largest absolute Gasteiger partial charge is 0.326 e. The summed E-state index contributed by atoms with van der Waals surface area (Å²) in [6, 6.07) is 4.47. The number of nitrogens with zero attached hydrogens (tertiary/aromatic N) is 2. The normalized spacial score (nSPS) is 14.7. The molecule has 1 heterocycles. The maximum atomic E-state index is 13.4. The Morgan fingerprint density at radius 2 is 2.26 bits per heavy atom. The standard InChI is InChI=1S/C13H16ClFN2OS/c1-3-19(18)7-6-17-12-8-10(15)4-5-11(12)16-13(17)9(2)14/h4-5,8-9H,3,6-7H2,1-2H3. The van der Waals surface area contributed by atoms with Crippen molar-refractivity contribution in [2.45, 2.75) is 25.8 Å². The van der Waals surface area contributed by atoms with Crippen LogP contribution in [0.2, 0.25) is 0 Å². The number of hydrogen-bond acceptors (Lipinski definition) is 2. The molecule has 0 aliphatic heterocycles. The van der Waals surface area contributed by atoms with E-state index in [-0.39, 0.29) is 11.2 Å². The van der Waals surface area contributed by atoms with Gasteiger partial charge in [0.25, 0.3) is 0 Å². The maximum absolute atomic E-state index is 13.4. The third-order valence-electron chi connectivity index (χ3n) is 2.96. The predicted octanol–water partition coefficient (Wildman–Crippen LogP) is 3.24. The first kappa shape index (κ1) is 14.5. The maximum Gasteiger partial charge on any atom is 0.127 e. The number of aryl methyl sites for hydroxylation is 1. The molecular weight excluding hydrogens is 287 g/mol. The van der Waals surface area contributed by atoms with E-state index in [1.54, 1.807) is 6.07 Å². The highest BCUT2D eigenvalue weighted by Gasteiger charge is 2.15. The molecule has 19 heavy (non-hydrogen) atoms. The molecule has 0 N–H and O–H groups in total. The van der Waals surface area contributed by atoms with Crippen LogP contribution in [-0.4, -0.2) is 25.3 Å². The van der Waals surface area contributed by atoms with E-state index in [2.05, 4.69) is 4.98 Å². The summed E-state index contributed by atoms with van der Waals surface area (Å²) in [5.41, 5.74) is 1.42. The minimum Gasteiger partial charge on any atom is -0.326 e. The van der Waals surface area contributed by atoms with Crippen molar-refractivity contribution in [3.63, 3.8) is 0 Å². The summed E-state index contributed by atoms with van der Waals surface area (Å²) in [4.78, 5) is 4.42. The van der Waals surface area contributed by atoms with E-state index in [0.29, 0.717) is 34.9 Å². The predicted molar refractivity (Wildman–Crippen MR) is 77.5 cm³/mol. The van der Waals surface area contributed by atoms with Crippen molar-refractivity contribution in [1.29, 1.82) is 0 Å². The van der Waals surface area contributed by atoms with Crippen molar-refractivity contribution in [2.75, 3.05) is 11.5 Å². The zero-order valence-corrected chi connectivity index (χ0v) is 12.5. The minimum atomic E-state index is -0.867. The Hall–Kier alpha value is -0.940. The summed E-state index contributed by atoms with van der Waals surface area (Å²) >= 11 is 6.12. The van der Waals surface area contributed by atoms with Crippen LogP contribution in [0.25, 0.3) is 11.0 Å². The molecule has 2 unspecified atom stereocenters. The number of imidazole rings is 1. The van der Waals surface area contributed by atoms with Gasteiger partial charge in [0.2, 0.25) is 0 Å². The van der Waals surface area contributed by atoms with E-state index in [0.717, 1.165) is 0 Å². The molecule has 0 saturated heterocycles. The van der Waals surface area contributed by atoms with E-state index >= 15 is 0 Å². The van der Waals surface area contributed by atoms with Crippen LogP contribution in [0, 0.1) is 5.82 Å². The summed E-state index contributed by atoms with van der Waals surface area (Å²) in [5, 5.41) is -0.273. The van der Waals surface area contributed by atoms with E-state index < -0.39 is 10.8 Å². The Balaban J connectivity index is 2.45. The second-order valence-corrected chi connectivity index (χ2v) is 6.82. The molecule has 0 spiro atoms. The van der Waals surface area contributed by atoms with Gasteiger partial charge in [0.1, 0.15) is 11.6 Å². The fraction of sp³-hybridized carbons (Fsp3) is 0.462. The van der Waals surface area contributed by atoms with Crippen LogP contribution in [-0.2, 0) is 17.3 Å². The van der Waals surface area contributed by atoms with Crippen LogP contribution in [0.4, 0.5) is 4.39 Å². The molecule has 0 bridgehead atoms. The average Bonchev–Trinajstić information content (AvgIpc) is 2.74. The molecule has 3 nitrogen and oxygen atoms in total. The van der Waals surface area contributed by atoms with Crippen LogP contribution < -0.4 is 0 Å². The number of rotatable bonds is 5. The smallest absolute Gasteiger partial charge is 0.127 e. The first-order chi connectivity index (χ1) is 9.02. The molecule has 1 aromatic heterocycles. The van der Waals surface area contributed by atoms with Gasteiger partial charge in [-0.25, -0.2) is 9.37 Å². The highest BCUT2D eigenvalue weighted by atomic mass is 35.5. The van der Waals surface area contributed by atoms with Crippen molar-refractivity contribution < 1.29 is 8.60 Å². The van der Waals surface area contributed by atoms with E-state index in [9.17, 15) is 8.60 Å². The summed E-state index contributed by atoms with van der Waals surface area (Å²) in [6.07, 6.45) is 0. The molecule has 0 radical (unpaired) electrons. The van der Waals surface area contributed by atoms with Crippen LogP contribution in [0.5, 0.6) is 0 Å². The van der Waals surface area contributed by atoms with Crippen molar-refractivity contribution in [3.8, 4) is 0 Å². The van der Waals surface area contributed by atoms with Crippen LogP contribution in [0.15, 0.2) is 18.2 Å². The Kier molecular flexibility index (Phi) is 4.58. The zero-order valence-electron chi connectivity index (χ0n) is 10.9. The summed E-state index contributed by atoms with van der Waals surface area (Å²) in [6.45, 7) is 4.24. The molecule has 0 amide bonds. The van der Waals surface area contributed by atoms with Crippen molar-refractivity contribution in [2.24, 2.45) is 0 Å². The second-order valence-electron chi connectivity index (χ2n) is 4.30. The topological polar surface area (TPSA) is 34.9 Å². The Labute approximate surface area is 119 Å². The quantitative estimate of drug-likeness (QED) is 0.795. The highest BCUT2D eigenvalue weighted by molar-refractivity contribution is 7.84. The Bertz CT molecular complexity index is 612. The molecule has 0 fully saturated rings. The molecule has 2 aromatic rings. The van der Waals surface area contributed by atoms with Gasteiger partial charge < -0.3 is 4.57 Å². The van der Waals surface area contributed by atoms with E-state index in [4.69, 9.17) is 11.6 Å². The molecule has 0 aliphatic carbocycles.